The molecule has 0 saturated heterocycles. The van der Waals surface area contributed by atoms with Crippen LogP contribution in [0.15, 0.2) is 40.9 Å². The van der Waals surface area contributed by atoms with Crippen LogP contribution < -0.4 is 10.1 Å². The first-order valence-electron chi connectivity index (χ1n) is 6.23. The first-order chi connectivity index (χ1) is 9.10. The Hall–Kier alpha value is -1.48. The van der Waals surface area contributed by atoms with E-state index in [0.29, 0.717) is 0 Å². The van der Waals surface area contributed by atoms with E-state index in [1.165, 1.54) is 16.8 Å². The van der Waals surface area contributed by atoms with Crippen molar-refractivity contribution in [3.05, 3.63) is 57.6 Å². The second kappa shape index (κ2) is 6.11. The molecule has 0 heterocycles. The lowest BCUT2D eigenvalue weighted by Crippen LogP contribution is -2.03. The molecule has 3 heteroatoms. The zero-order chi connectivity index (χ0) is 13.8. The van der Waals surface area contributed by atoms with Gasteiger partial charge >= 0.3 is 0 Å². The summed E-state index contributed by atoms with van der Waals surface area (Å²) in [7, 11) is 1.70. The Kier molecular flexibility index (Phi) is 4.48. The summed E-state index contributed by atoms with van der Waals surface area (Å²) in [5.41, 5.74) is 4.81. The minimum Gasteiger partial charge on any atom is -0.496 e. The molecule has 1 N–H and O–H groups in total. The summed E-state index contributed by atoms with van der Waals surface area (Å²) in [6.45, 7) is 4.96. The second-order valence-electron chi connectivity index (χ2n) is 4.63. The van der Waals surface area contributed by atoms with Crippen molar-refractivity contribution in [2.75, 3.05) is 12.4 Å². The third kappa shape index (κ3) is 3.51. The van der Waals surface area contributed by atoms with Gasteiger partial charge in [-0.1, -0.05) is 28.1 Å². The SMILES string of the molecule is COc1ccc(Br)cc1CNc1cc(C)ccc1C. The Balaban J connectivity index is 2.18. The summed E-state index contributed by atoms with van der Waals surface area (Å²) in [6.07, 6.45) is 0. The van der Waals surface area contributed by atoms with E-state index in [9.17, 15) is 0 Å². The molecule has 19 heavy (non-hydrogen) atoms. The lowest BCUT2D eigenvalue weighted by atomic mass is 10.1. The first-order valence-corrected chi connectivity index (χ1v) is 7.03. The van der Waals surface area contributed by atoms with Crippen LogP contribution in [0.25, 0.3) is 0 Å². The van der Waals surface area contributed by atoms with Crippen molar-refractivity contribution in [2.24, 2.45) is 0 Å². The Labute approximate surface area is 122 Å². The smallest absolute Gasteiger partial charge is 0.123 e. The lowest BCUT2D eigenvalue weighted by Gasteiger charge is -2.13. The zero-order valence-electron chi connectivity index (χ0n) is 11.5. The predicted molar refractivity (Wildman–Crippen MR) is 83.9 cm³/mol. The summed E-state index contributed by atoms with van der Waals surface area (Å²) >= 11 is 3.49. The molecule has 2 rings (SSSR count). The number of rotatable bonds is 4. The minimum atomic E-state index is 0.743. The molecule has 2 aromatic carbocycles. The van der Waals surface area contributed by atoms with Crippen LogP contribution in [0.5, 0.6) is 5.75 Å². The van der Waals surface area contributed by atoms with E-state index in [4.69, 9.17) is 4.74 Å². The molecule has 2 nitrogen and oxygen atoms in total. The van der Waals surface area contributed by atoms with Gasteiger partial charge in [0.2, 0.25) is 0 Å². The minimum absolute atomic E-state index is 0.743. The van der Waals surface area contributed by atoms with Crippen LogP contribution in [0.2, 0.25) is 0 Å². The highest BCUT2D eigenvalue weighted by Gasteiger charge is 2.05. The fourth-order valence-electron chi connectivity index (χ4n) is 2.00. The van der Waals surface area contributed by atoms with Gasteiger partial charge in [-0.2, -0.15) is 0 Å². The van der Waals surface area contributed by atoms with Gasteiger partial charge in [0.25, 0.3) is 0 Å². The van der Waals surface area contributed by atoms with Gasteiger partial charge in [0.15, 0.2) is 0 Å². The number of hydrogen-bond donors (Lipinski definition) is 1. The van der Waals surface area contributed by atoms with Crippen molar-refractivity contribution in [1.29, 1.82) is 0 Å². The van der Waals surface area contributed by atoms with Gasteiger partial charge in [-0.15, -0.1) is 0 Å². The molecule has 0 aliphatic heterocycles. The molecule has 0 saturated carbocycles. The average Bonchev–Trinajstić information content (AvgIpc) is 2.40. The number of nitrogens with one attached hydrogen (secondary N) is 1. The molecule has 0 aliphatic carbocycles. The quantitative estimate of drug-likeness (QED) is 0.883. The maximum absolute atomic E-state index is 5.38. The fourth-order valence-corrected chi connectivity index (χ4v) is 2.41. The van der Waals surface area contributed by atoms with Gasteiger partial charge in [0.1, 0.15) is 5.75 Å². The molecule has 0 spiro atoms. The molecule has 0 aromatic heterocycles. The van der Waals surface area contributed by atoms with E-state index >= 15 is 0 Å². The third-order valence-corrected chi connectivity index (χ3v) is 3.60. The highest BCUT2D eigenvalue weighted by molar-refractivity contribution is 9.10. The van der Waals surface area contributed by atoms with Crippen LogP contribution in [0.3, 0.4) is 0 Å². The number of halogens is 1. The standard InChI is InChI=1S/C16H18BrNO/c1-11-4-5-12(2)15(8-11)18-10-13-9-14(17)6-7-16(13)19-3/h4-9,18H,10H2,1-3H3. The van der Waals surface area contributed by atoms with E-state index < -0.39 is 0 Å². The van der Waals surface area contributed by atoms with E-state index in [1.54, 1.807) is 7.11 Å². The van der Waals surface area contributed by atoms with Crippen molar-refractivity contribution in [1.82, 2.24) is 0 Å². The van der Waals surface area contributed by atoms with E-state index in [0.717, 1.165) is 22.3 Å². The largest absolute Gasteiger partial charge is 0.496 e. The highest BCUT2D eigenvalue weighted by Crippen LogP contribution is 2.25. The van der Waals surface area contributed by atoms with Crippen LogP contribution in [0, 0.1) is 13.8 Å². The number of hydrogen-bond acceptors (Lipinski definition) is 2. The number of ether oxygens (including phenoxy) is 1. The number of aryl methyl sites for hydroxylation is 2. The van der Waals surface area contributed by atoms with Crippen molar-refractivity contribution in [2.45, 2.75) is 20.4 Å². The normalized spacial score (nSPS) is 10.3. The summed E-state index contributed by atoms with van der Waals surface area (Å²) in [6, 6.07) is 12.5. The zero-order valence-corrected chi connectivity index (χ0v) is 13.0. The fraction of sp³-hybridized carbons (Fsp3) is 0.250. The Morgan fingerprint density at radius 3 is 2.63 bits per heavy atom. The molecule has 0 unspecified atom stereocenters. The molecular weight excluding hydrogens is 302 g/mol. The van der Waals surface area contributed by atoms with Crippen LogP contribution in [0.4, 0.5) is 5.69 Å². The Morgan fingerprint density at radius 2 is 1.89 bits per heavy atom. The maximum Gasteiger partial charge on any atom is 0.123 e. The van der Waals surface area contributed by atoms with Crippen LogP contribution in [-0.2, 0) is 6.54 Å². The highest BCUT2D eigenvalue weighted by atomic mass is 79.9. The molecule has 0 aliphatic rings. The second-order valence-corrected chi connectivity index (χ2v) is 5.54. The molecular formula is C16H18BrNO. The molecule has 0 fully saturated rings. The molecule has 100 valence electrons. The molecule has 0 radical (unpaired) electrons. The third-order valence-electron chi connectivity index (χ3n) is 3.10. The van der Waals surface area contributed by atoms with Gasteiger partial charge in [0, 0.05) is 22.3 Å². The summed E-state index contributed by atoms with van der Waals surface area (Å²) in [4.78, 5) is 0. The summed E-state index contributed by atoms with van der Waals surface area (Å²) < 4.78 is 6.44. The first kappa shape index (κ1) is 13.9. The average molecular weight is 320 g/mol. The van der Waals surface area contributed by atoms with Gasteiger partial charge in [-0.3, -0.25) is 0 Å². The van der Waals surface area contributed by atoms with E-state index in [1.807, 2.05) is 12.1 Å². The summed E-state index contributed by atoms with van der Waals surface area (Å²) in [5.74, 6) is 0.904. The van der Waals surface area contributed by atoms with Gasteiger partial charge in [0.05, 0.1) is 7.11 Å². The van der Waals surface area contributed by atoms with Crippen LogP contribution in [0.1, 0.15) is 16.7 Å². The topological polar surface area (TPSA) is 21.3 Å². The molecule has 0 atom stereocenters. The Bertz CT molecular complexity index is 581. The lowest BCUT2D eigenvalue weighted by molar-refractivity contribution is 0.410. The van der Waals surface area contributed by atoms with Gasteiger partial charge in [-0.25, -0.2) is 0 Å². The van der Waals surface area contributed by atoms with Crippen molar-refractivity contribution in [3.63, 3.8) is 0 Å². The van der Waals surface area contributed by atoms with Crippen LogP contribution in [-0.4, -0.2) is 7.11 Å². The van der Waals surface area contributed by atoms with Crippen molar-refractivity contribution in [3.8, 4) is 5.75 Å². The number of methoxy groups -OCH3 is 1. The molecule has 2 aromatic rings. The predicted octanol–water partition coefficient (Wildman–Crippen LogP) is 4.69. The molecule has 0 bridgehead atoms. The summed E-state index contributed by atoms with van der Waals surface area (Å²) in [5, 5.41) is 3.47. The van der Waals surface area contributed by atoms with Crippen LogP contribution >= 0.6 is 15.9 Å². The van der Waals surface area contributed by atoms with Gasteiger partial charge in [-0.05, 0) is 49.2 Å². The van der Waals surface area contributed by atoms with Gasteiger partial charge < -0.3 is 10.1 Å². The van der Waals surface area contributed by atoms with E-state index in [-0.39, 0.29) is 0 Å². The van der Waals surface area contributed by atoms with E-state index in [2.05, 4.69) is 59.4 Å². The Morgan fingerprint density at radius 1 is 1.11 bits per heavy atom. The maximum atomic E-state index is 5.38. The van der Waals surface area contributed by atoms with Crippen molar-refractivity contribution < 1.29 is 4.74 Å². The molecule has 0 amide bonds. The van der Waals surface area contributed by atoms with Crippen molar-refractivity contribution >= 4 is 21.6 Å². The number of anilines is 1. The number of benzene rings is 2. The monoisotopic (exact) mass is 319 g/mol.